The fourth-order valence-corrected chi connectivity index (χ4v) is 0. The SMILES string of the molecule is C=CC(=C)C.C[SiH3].[Ti+4]. The van der Waals surface area contributed by atoms with Crippen molar-refractivity contribution in [3.8, 4) is 0 Å². The van der Waals surface area contributed by atoms with Crippen LogP contribution in [-0.4, -0.2) is 10.2 Å². The van der Waals surface area contributed by atoms with Gasteiger partial charge in [0.25, 0.3) is 0 Å². The topological polar surface area (TPSA) is 0 Å². The van der Waals surface area contributed by atoms with Gasteiger partial charge in [0, 0.05) is 0 Å². The van der Waals surface area contributed by atoms with E-state index in [4.69, 9.17) is 0 Å². The van der Waals surface area contributed by atoms with Crippen molar-refractivity contribution in [3.63, 3.8) is 0 Å². The Morgan fingerprint density at radius 1 is 1.50 bits per heavy atom. The minimum atomic E-state index is 0. The third-order valence-corrected chi connectivity index (χ3v) is 0.348. The average Bonchev–Trinajstić information content (AvgIpc) is 1.73. The van der Waals surface area contributed by atoms with E-state index in [0.717, 1.165) is 5.57 Å². The van der Waals surface area contributed by atoms with E-state index in [1.807, 2.05) is 6.92 Å². The largest absolute Gasteiger partial charge is 4.00 e. The molecule has 0 nitrogen and oxygen atoms in total. The molecule has 0 atom stereocenters. The molecule has 0 aromatic rings. The van der Waals surface area contributed by atoms with Crippen LogP contribution in [0.3, 0.4) is 0 Å². The van der Waals surface area contributed by atoms with Gasteiger partial charge in [-0.05, 0) is 17.2 Å². The van der Waals surface area contributed by atoms with Gasteiger partial charge in [-0.1, -0.05) is 31.4 Å². The maximum atomic E-state index is 3.56. The van der Waals surface area contributed by atoms with E-state index in [1.54, 1.807) is 6.08 Å². The second kappa shape index (κ2) is 15.7. The molecule has 0 heterocycles. The van der Waals surface area contributed by atoms with Crippen molar-refractivity contribution in [2.45, 2.75) is 13.5 Å². The van der Waals surface area contributed by atoms with Crippen LogP contribution in [0.1, 0.15) is 6.92 Å². The third-order valence-electron chi connectivity index (χ3n) is 0.348. The second-order valence-corrected chi connectivity index (χ2v) is 1.05. The first kappa shape index (κ1) is 15.8. The summed E-state index contributed by atoms with van der Waals surface area (Å²) in [4.78, 5) is 0. The summed E-state index contributed by atoms with van der Waals surface area (Å²) in [5.41, 5.74) is 1.02. The molecule has 0 N–H and O–H groups in total. The Labute approximate surface area is 70.4 Å². The van der Waals surface area contributed by atoms with Gasteiger partial charge in [0.2, 0.25) is 0 Å². The quantitative estimate of drug-likeness (QED) is 0.400. The van der Waals surface area contributed by atoms with Crippen molar-refractivity contribution in [3.05, 3.63) is 24.8 Å². The number of hydrogen-bond acceptors (Lipinski definition) is 0. The number of allylic oxidation sites excluding steroid dienone is 2. The van der Waals surface area contributed by atoms with Gasteiger partial charge in [-0.25, -0.2) is 0 Å². The van der Waals surface area contributed by atoms with Gasteiger partial charge in [-0.2, -0.15) is 0 Å². The van der Waals surface area contributed by atoms with Gasteiger partial charge in [-0.15, -0.1) is 0 Å². The monoisotopic (exact) mass is 162 g/mol. The van der Waals surface area contributed by atoms with E-state index >= 15 is 0 Å². The van der Waals surface area contributed by atoms with E-state index in [2.05, 4.69) is 19.7 Å². The van der Waals surface area contributed by atoms with Crippen molar-refractivity contribution >= 4 is 10.2 Å². The molecular weight excluding hydrogens is 148 g/mol. The predicted octanol–water partition coefficient (Wildman–Crippen LogP) is 1.15. The van der Waals surface area contributed by atoms with Crippen molar-refractivity contribution in [2.75, 3.05) is 0 Å². The molecule has 0 saturated heterocycles. The van der Waals surface area contributed by atoms with Crippen LogP contribution in [0.25, 0.3) is 0 Å². The molecule has 0 aliphatic rings. The first-order chi connectivity index (χ1) is 3.27. The molecular formula is C6H14SiTi+4. The van der Waals surface area contributed by atoms with E-state index in [-0.39, 0.29) is 21.7 Å². The van der Waals surface area contributed by atoms with E-state index in [0.29, 0.717) is 0 Å². The van der Waals surface area contributed by atoms with Gasteiger partial charge in [0.05, 0.1) is 0 Å². The summed E-state index contributed by atoms with van der Waals surface area (Å²) in [6.07, 6.45) is 1.72. The van der Waals surface area contributed by atoms with E-state index < -0.39 is 0 Å². The average molecular weight is 162 g/mol. The molecule has 8 heavy (non-hydrogen) atoms. The normalized spacial score (nSPS) is 5.25. The van der Waals surface area contributed by atoms with Crippen LogP contribution >= 0.6 is 0 Å². The van der Waals surface area contributed by atoms with E-state index in [1.165, 1.54) is 10.2 Å². The van der Waals surface area contributed by atoms with Gasteiger partial charge in [0.1, 0.15) is 0 Å². The van der Waals surface area contributed by atoms with Crippen molar-refractivity contribution in [2.24, 2.45) is 0 Å². The molecule has 42 valence electrons. The minimum Gasteiger partial charge on any atom is -0.0988 e. The van der Waals surface area contributed by atoms with Crippen LogP contribution in [0.15, 0.2) is 24.8 Å². The maximum absolute atomic E-state index is 3.56. The smallest absolute Gasteiger partial charge is 0.0988 e. The number of hydrogen-bond donors (Lipinski definition) is 0. The van der Waals surface area contributed by atoms with Crippen LogP contribution in [0, 0.1) is 0 Å². The Morgan fingerprint density at radius 2 is 1.62 bits per heavy atom. The summed E-state index contributed by atoms with van der Waals surface area (Å²) in [7, 11) is 1.31. The van der Waals surface area contributed by atoms with Gasteiger partial charge >= 0.3 is 21.7 Å². The van der Waals surface area contributed by atoms with Crippen LogP contribution in [0.4, 0.5) is 0 Å². The fourth-order valence-electron chi connectivity index (χ4n) is 0. The first-order valence-electron chi connectivity index (χ1n) is 2.55. The summed E-state index contributed by atoms with van der Waals surface area (Å²) in [6, 6.07) is 0. The molecule has 0 rings (SSSR count). The fraction of sp³-hybridized carbons (Fsp3) is 0.333. The zero-order chi connectivity index (χ0) is 6.28. The summed E-state index contributed by atoms with van der Waals surface area (Å²) in [6.45, 7) is 11.1. The van der Waals surface area contributed by atoms with E-state index in [9.17, 15) is 0 Å². The molecule has 0 aliphatic carbocycles. The molecule has 0 bridgehead atoms. The molecule has 0 aromatic carbocycles. The standard InChI is InChI=1S/C5H8.CH6Si.Ti/c1-4-5(2)3;1-2;/h4H,1-2H2,3H3;1-2H3;/q;;+4. The zero-order valence-electron chi connectivity index (χ0n) is 5.99. The molecule has 2 heteroatoms. The summed E-state index contributed by atoms with van der Waals surface area (Å²) in [5.74, 6) is 0. The second-order valence-electron chi connectivity index (χ2n) is 1.05. The maximum Gasteiger partial charge on any atom is 4.00 e. The van der Waals surface area contributed by atoms with Gasteiger partial charge in [0.15, 0.2) is 0 Å². The van der Waals surface area contributed by atoms with Crippen molar-refractivity contribution < 1.29 is 21.7 Å². The summed E-state index contributed by atoms with van der Waals surface area (Å²) >= 11 is 0. The van der Waals surface area contributed by atoms with Gasteiger partial charge in [-0.3, -0.25) is 0 Å². The Hall–Kier alpha value is 0.411. The molecule has 0 aliphatic heterocycles. The molecule has 0 fully saturated rings. The Bertz CT molecular complexity index is 59.5. The summed E-state index contributed by atoms with van der Waals surface area (Å²) in [5, 5.41) is 0. The molecule has 0 amide bonds. The first-order valence-corrected chi connectivity index (χ1v) is 4.55. The van der Waals surface area contributed by atoms with Gasteiger partial charge < -0.3 is 0 Å². The van der Waals surface area contributed by atoms with Crippen molar-refractivity contribution in [1.29, 1.82) is 0 Å². The van der Waals surface area contributed by atoms with Crippen LogP contribution in [0.2, 0.25) is 6.55 Å². The van der Waals surface area contributed by atoms with Crippen LogP contribution < -0.4 is 0 Å². The molecule has 0 spiro atoms. The molecule has 0 unspecified atom stereocenters. The Kier molecular flexibility index (Phi) is 30.9. The number of rotatable bonds is 1. The predicted molar refractivity (Wildman–Crippen MR) is 40.8 cm³/mol. The molecule has 0 aromatic heterocycles. The Morgan fingerprint density at radius 3 is 1.62 bits per heavy atom. The zero-order valence-corrected chi connectivity index (χ0v) is 9.55. The van der Waals surface area contributed by atoms with Crippen molar-refractivity contribution in [1.82, 2.24) is 0 Å². The third kappa shape index (κ3) is 32.3. The minimum absolute atomic E-state index is 0. The Balaban J connectivity index is -0.0000000750. The molecule has 0 radical (unpaired) electrons. The summed E-state index contributed by atoms with van der Waals surface area (Å²) < 4.78 is 0. The molecule has 0 saturated carbocycles. The van der Waals surface area contributed by atoms with Crippen LogP contribution in [0.5, 0.6) is 0 Å². The van der Waals surface area contributed by atoms with Crippen LogP contribution in [-0.2, 0) is 21.7 Å².